The predicted octanol–water partition coefficient (Wildman–Crippen LogP) is 2.28. The molecule has 0 aliphatic heterocycles. The summed E-state index contributed by atoms with van der Waals surface area (Å²) < 4.78 is 5.72. The largest absolute Gasteiger partial charge is 0.481 e. The number of aliphatic carboxylic acids is 1. The summed E-state index contributed by atoms with van der Waals surface area (Å²) in [5.74, 6) is -0.966. The minimum Gasteiger partial charge on any atom is -0.481 e. The number of hydrogen-bond donors (Lipinski definition) is 3. The average Bonchev–Trinajstić information content (AvgIpc) is 2.50. The van der Waals surface area contributed by atoms with Crippen molar-refractivity contribution in [1.82, 2.24) is 10.6 Å². The summed E-state index contributed by atoms with van der Waals surface area (Å²) in [5.41, 5.74) is 0. The summed E-state index contributed by atoms with van der Waals surface area (Å²) >= 11 is 0. The maximum Gasteiger partial charge on any atom is 0.315 e. The highest BCUT2D eigenvalue weighted by Crippen LogP contribution is 2.25. The Morgan fingerprint density at radius 2 is 1.73 bits per heavy atom. The molecule has 2 aliphatic carbocycles. The lowest BCUT2D eigenvalue weighted by Gasteiger charge is -2.33. The number of carboxylic acids is 1. The van der Waals surface area contributed by atoms with Crippen LogP contribution in [0.2, 0.25) is 0 Å². The number of amides is 2. The van der Waals surface area contributed by atoms with Crippen LogP contribution in [0.25, 0.3) is 0 Å². The lowest BCUT2D eigenvalue weighted by Crippen LogP contribution is -2.52. The lowest BCUT2D eigenvalue weighted by atomic mass is 9.86. The van der Waals surface area contributed by atoms with Crippen molar-refractivity contribution >= 4 is 12.0 Å². The molecule has 0 aromatic heterocycles. The summed E-state index contributed by atoms with van der Waals surface area (Å²) in [4.78, 5) is 23.1. The zero-order valence-corrected chi connectivity index (χ0v) is 13.3. The van der Waals surface area contributed by atoms with Gasteiger partial charge in [-0.1, -0.05) is 12.8 Å². The molecule has 0 bridgehead atoms. The zero-order chi connectivity index (χ0) is 15.9. The number of ether oxygens (including phenoxy) is 1. The molecule has 0 spiro atoms. The van der Waals surface area contributed by atoms with E-state index in [4.69, 9.17) is 9.84 Å². The third kappa shape index (κ3) is 4.87. The minimum absolute atomic E-state index is 0.0871. The van der Waals surface area contributed by atoms with Crippen LogP contribution in [-0.4, -0.2) is 41.9 Å². The summed E-state index contributed by atoms with van der Waals surface area (Å²) in [6, 6.07) is 0.0316. The molecule has 3 N–H and O–H groups in total. The van der Waals surface area contributed by atoms with E-state index in [-0.39, 0.29) is 30.1 Å². The van der Waals surface area contributed by atoms with Gasteiger partial charge in [-0.05, 0) is 45.4 Å². The molecular weight excluding hydrogens is 284 g/mol. The van der Waals surface area contributed by atoms with E-state index in [1.54, 1.807) is 0 Å². The van der Waals surface area contributed by atoms with Gasteiger partial charge in [0.2, 0.25) is 0 Å². The first-order chi connectivity index (χ1) is 10.6. The number of carbonyl (C=O) groups is 2. The van der Waals surface area contributed by atoms with Crippen LogP contribution in [-0.2, 0) is 9.53 Å². The molecule has 2 amide bonds. The molecule has 2 atom stereocenters. The average molecular weight is 312 g/mol. The molecule has 0 radical (unpaired) electrons. The standard InChI is InChI=1S/C16H28N2O4/c1-2-22-14-6-4-3-5-13(14)18-16(21)17-12-9-7-11(8-10-12)15(19)20/h11-14H,2-10H2,1H3,(H,19,20)(H2,17,18,21)/t11?,12?,13-,14-/m1/s1. The van der Waals surface area contributed by atoms with Crippen LogP contribution in [0.1, 0.15) is 58.3 Å². The van der Waals surface area contributed by atoms with E-state index in [2.05, 4.69) is 10.6 Å². The van der Waals surface area contributed by atoms with Gasteiger partial charge in [-0.25, -0.2) is 4.79 Å². The van der Waals surface area contributed by atoms with Crippen LogP contribution in [0.4, 0.5) is 4.79 Å². The molecule has 2 fully saturated rings. The highest BCUT2D eigenvalue weighted by molar-refractivity contribution is 5.75. The molecule has 0 saturated heterocycles. The Hall–Kier alpha value is -1.30. The van der Waals surface area contributed by atoms with Gasteiger partial charge in [0.05, 0.1) is 18.1 Å². The first kappa shape index (κ1) is 17.1. The molecule has 6 heteroatoms. The SMILES string of the molecule is CCO[C@@H]1CCCC[C@H]1NC(=O)NC1CCC(C(=O)O)CC1. The molecule has 0 aromatic carbocycles. The fraction of sp³-hybridized carbons (Fsp3) is 0.875. The summed E-state index contributed by atoms with van der Waals surface area (Å²) in [6.07, 6.45) is 7.13. The van der Waals surface area contributed by atoms with Gasteiger partial charge in [-0.2, -0.15) is 0 Å². The summed E-state index contributed by atoms with van der Waals surface area (Å²) in [6.45, 7) is 2.65. The second-order valence-corrected chi connectivity index (χ2v) is 6.39. The Balaban J connectivity index is 1.74. The topological polar surface area (TPSA) is 87.7 Å². The van der Waals surface area contributed by atoms with Crippen LogP contribution in [0, 0.1) is 5.92 Å². The van der Waals surface area contributed by atoms with Crippen LogP contribution in [0.5, 0.6) is 0 Å². The van der Waals surface area contributed by atoms with Gasteiger partial charge in [0.1, 0.15) is 0 Å². The summed E-state index contributed by atoms with van der Waals surface area (Å²) in [5, 5.41) is 15.0. The Morgan fingerprint density at radius 1 is 1.05 bits per heavy atom. The molecule has 0 unspecified atom stereocenters. The fourth-order valence-electron chi connectivity index (χ4n) is 3.56. The predicted molar refractivity (Wildman–Crippen MR) is 82.7 cm³/mol. The van der Waals surface area contributed by atoms with Crippen LogP contribution in [0.15, 0.2) is 0 Å². The number of rotatable bonds is 5. The molecule has 2 rings (SSSR count). The highest BCUT2D eigenvalue weighted by Gasteiger charge is 2.29. The maximum atomic E-state index is 12.2. The quantitative estimate of drug-likeness (QED) is 0.727. The number of carbonyl (C=O) groups excluding carboxylic acids is 1. The van der Waals surface area contributed by atoms with Crippen molar-refractivity contribution < 1.29 is 19.4 Å². The van der Waals surface area contributed by atoms with E-state index in [0.29, 0.717) is 19.4 Å². The van der Waals surface area contributed by atoms with Gasteiger partial charge in [0, 0.05) is 12.6 Å². The number of carboxylic acid groups (broad SMARTS) is 1. The van der Waals surface area contributed by atoms with Crippen molar-refractivity contribution in [3.8, 4) is 0 Å². The highest BCUT2D eigenvalue weighted by atomic mass is 16.5. The first-order valence-electron chi connectivity index (χ1n) is 8.51. The van der Waals surface area contributed by atoms with Crippen molar-refractivity contribution in [3.63, 3.8) is 0 Å². The molecule has 2 aliphatic rings. The normalized spacial score (nSPS) is 32.2. The van der Waals surface area contributed by atoms with Gasteiger partial charge in [0.25, 0.3) is 0 Å². The second kappa shape index (κ2) is 8.36. The fourth-order valence-corrected chi connectivity index (χ4v) is 3.56. The molecule has 0 heterocycles. The number of hydrogen-bond acceptors (Lipinski definition) is 3. The van der Waals surface area contributed by atoms with E-state index in [9.17, 15) is 9.59 Å². The Bertz CT molecular complexity index is 378. The number of urea groups is 1. The van der Waals surface area contributed by atoms with Crippen molar-refractivity contribution in [3.05, 3.63) is 0 Å². The van der Waals surface area contributed by atoms with E-state index in [0.717, 1.165) is 38.5 Å². The van der Waals surface area contributed by atoms with Crippen LogP contribution < -0.4 is 10.6 Å². The molecule has 126 valence electrons. The van der Waals surface area contributed by atoms with Crippen molar-refractivity contribution in [1.29, 1.82) is 0 Å². The Morgan fingerprint density at radius 3 is 2.36 bits per heavy atom. The Kier molecular flexibility index (Phi) is 6.49. The lowest BCUT2D eigenvalue weighted by molar-refractivity contribution is -0.142. The molecule has 6 nitrogen and oxygen atoms in total. The van der Waals surface area contributed by atoms with Gasteiger partial charge in [-0.15, -0.1) is 0 Å². The van der Waals surface area contributed by atoms with Gasteiger partial charge < -0.3 is 20.5 Å². The third-order valence-corrected chi connectivity index (χ3v) is 4.81. The molecular formula is C16H28N2O4. The van der Waals surface area contributed by atoms with Crippen LogP contribution in [0.3, 0.4) is 0 Å². The Labute approximate surface area is 132 Å². The number of nitrogens with one attached hydrogen (secondary N) is 2. The monoisotopic (exact) mass is 312 g/mol. The van der Waals surface area contributed by atoms with E-state index in [1.165, 1.54) is 0 Å². The zero-order valence-electron chi connectivity index (χ0n) is 13.3. The van der Waals surface area contributed by atoms with E-state index < -0.39 is 5.97 Å². The maximum absolute atomic E-state index is 12.2. The first-order valence-corrected chi connectivity index (χ1v) is 8.51. The van der Waals surface area contributed by atoms with Crippen molar-refractivity contribution in [2.75, 3.05) is 6.61 Å². The summed E-state index contributed by atoms with van der Waals surface area (Å²) in [7, 11) is 0. The van der Waals surface area contributed by atoms with Gasteiger partial charge in [0.15, 0.2) is 0 Å². The van der Waals surface area contributed by atoms with E-state index in [1.807, 2.05) is 6.92 Å². The van der Waals surface area contributed by atoms with Crippen molar-refractivity contribution in [2.24, 2.45) is 5.92 Å². The van der Waals surface area contributed by atoms with Gasteiger partial charge in [-0.3, -0.25) is 4.79 Å². The molecule has 2 saturated carbocycles. The third-order valence-electron chi connectivity index (χ3n) is 4.81. The smallest absolute Gasteiger partial charge is 0.315 e. The molecule has 0 aromatic rings. The van der Waals surface area contributed by atoms with E-state index >= 15 is 0 Å². The minimum atomic E-state index is -0.718. The van der Waals surface area contributed by atoms with Crippen molar-refractivity contribution in [2.45, 2.75) is 76.5 Å². The second-order valence-electron chi connectivity index (χ2n) is 6.39. The van der Waals surface area contributed by atoms with Crippen LogP contribution >= 0.6 is 0 Å². The van der Waals surface area contributed by atoms with Gasteiger partial charge >= 0.3 is 12.0 Å². The molecule has 22 heavy (non-hydrogen) atoms.